The van der Waals surface area contributed by atoms with Gasteiger partial charge in [0.15, 0.2) is 0 Å². The molecule has 2 heterocycles. The van der Waals surface area contributed by atoms with Crippen LogP contribution in [-0.2, 0) is 10.0 Å². The molecule has 0 saturated carbocycles. The molecule has 0 fully saturated rings. The summed E-state index contributed by atoms with van der Waals surface area (Å²) in [4.78, 5) is 16.3. The van der Waals surface area contributed by atoms with E-state index in [4.69, 9.17) is 0 Å². The summed E-state index contributed by atoms with van der Waals surface area (Å²) in [7, 11) is -3.49. The van der Waals surface area contributed by atoms with Gasteiger partial charge in [0.1, 0.15) is 5.69 Å². The number of hydrogen-bond donors (Lipinski definition) is 3. The van der Waals surface area contributed by atoms with Crippen molar-refractivity contribution in [2.24, 2.45) is 0 Å². The van der Waals surface area contributed by atoms with E-state index in [0.717, 1.165) is 6.26 Å². The number of anilines is 1. The first-order valence-electron chi connectivity index (χ1n) is 6.10. The largest absolute Gasteiger partial charge is 0.343 e. The topological polar surface area (TPSA) is 117 Å². The third-order valence-corrected chi connectivity index (χ3v) is 3.23. The molecule has 8 nitrogen and oxygen atoms in total. The summed E-state index contributed by atoms with van der Waals surface area (Å²) >= 11 is 0. The second-order valence-electron chi connectivity index (χ2n) is 4.48. The molecular formula is C12H15N5O3S. The molecule has 3 N–H and O–H groups in total. The Balaban J connectivity index is 2.13. The van der Waals surface area contributed by atoms with Crippen molar-refractivity contribution in [1.29, 1.82) is 0 Å². The molecule has 2 aromatic heterocycles. The lowest BCUT2D eigenvalue weighted by atomic mass is 10.2. The van der Waals surface area contributed by atoms with Crippen molar-refractivity contribution < 1.29 is 13.2 Å². The first-order chi connectivity index (χ1) is 9.87. The van der Waals surface area contributed by atoms with E-state index in [2.05, 4.69) is 25.2 Å². The predicted molar refractivity (Wildman–Crippen MR) is 77.2 cm³/mol. The van der Waals surface area contributed by atoms with E-state index in [1.165, 1.54) is 6.20 Å². The van der Waals surface area contributed by atoms with Gasteiger partial charge in [0.25, 0.3) is 5.91 Å². The SMILES string of the molecule is CC(NC(=O)c1[nH]ncc1NS(C)(=O)=O)c1ccccn1. The Kier molecular flexibility index (Phi) is 4.22. The lowest BCUT2D eigenvalue weighted by Gasteiger charge is -2.13. The Morgan fingerprint density at radius 2 is 2.14 bits per heavy atom. The molecule has 0 aromatic carbocycles. The summed E-state index contributed by atoms with van der Waals surface area (Å²) in [5.41, 5.74) is 0.842. The number of H-pyrrole nitrogens is 1. The second-order valence-corrected chi connectivity index (χ2v) is 6.23. The molecule has 1 amide bonds. The number of nitrogens with one attached hydrogen (secondary N) is 3. The van der Waals surface area contributed by atoms with E-state index in [-0.39, 0.29) is 17.4 Å². The molecule has 1 atom stereocenters. The van der Waals surface area contributed by atoms with Gasteiger partial charge in [-0.3, -0.25) is 19.6 Å². The van der Waals surface area contributed by atoms with Crippen molar-refractivity contribution >= 4 is 21.6 Å². The highest BCUT2D eigenvalue weighted by atomic mass is 32.2. The Hall–Kier alpha value is -2.42. The summed E-state index contributed by atoms with van der Waals surface area (Å²) in [6.07, 6.45) is 3.87. The summed E-state index contributed by atoms with van der Waals surface area (Å²) in [6, 6.07) is 5.06. The number of nitrogens with zero attached hydrogens (tertiary/aromatic N) is 2. The van der Waals surface area contributed by atoms with Crippen LogP contribution in [0.2, 0.25) is 0 Å². The molecule has 21 heavy (non-hydrogen) atoms. The van der Waals surface area contributed by atoms with Crippen LogP contribution in [0.15, 0.2) is 30.6 Å². The summed E-state index contributed by atoms with van der Waals surface area (Å²) < 4.78 is 24.7. The zero-order chi connectivity index (χ0) is 15.5. The highest BCUT2D eigenvalue weighted by Crippen LogP contribution is 2.15. The molecule has 112 valence electrons. The van der Waals surface area contributed by atoms with E-state index >= 15 is 0 Å². The number of sulfonamides is 1. The van der Waals surface area contributed by atoms with Crippen LogP contribution in [0.25, 0.3) is 0 Å². The van der Waals surface area contributed by atoms with Crippen molar-refractivity contribution in [1.82, 2.24) is 20.5 Å². The first kappa shape index (κ1) is 15.0. The molecule has 2 rings (SSSR count). The molecule has 2 aromatic rings. The van der Waals surface area contributed by atoms with Gasteiger partial charge in [-0.15, -0.1) is 0 Å². The number of carbonyl (C=O) groups excluding carboxylic acids is 1. The van der Waals surface area contributed by atoms with Crippen molar-refractivity contribution in [2.45, 2.75) is 13.0 Å². The molecule has 0 aliphatic rings. The van der Waals surface area contributed by atoms with E-state index in [9.17, 15) is 13.2 Å². The van der Waals surface area contributed by atoms with Gasteiger partial charge < -0.3 is 5.32 Å². The summed E-state index contributed by atoms with van der Waals surface area (Å²) in [5, 5.41) is 8.87. The number of aromatic amines is 1. The van der Waals surface area contributed by atoms with Gasteiger partial charge in [-0.1, -0.05) is 6.07 Å². The second kappa shape index (κ2) is 5.92. The van der Waals surface area contributed by atoms with Gasteiger partial charge in [0, 0.05) is 6.20 Å². The lowest BCUT2D eigenvalue weighted by molar-refractivity contribution is 0.0935. The van der Waals surface area contributed by atoms with Gasteiger partial charge in [-0.25, -0.2) is 8.42 Å². The summed E-state index contributed by atoms with van der Waals surface area (Å²) in [5.74, 6) is -0.475. The molecule has 1 unspecified atom stereocenters. The van der Waals surface area contributed by atoms with Gasteiger partial charge >= 0.3 is 0 Å². The zero-order valence-electron chi connectivity index (χ0n) is 11.5. The zero-order valence-corrected chi connectivity index (χ0v) is 12.3. The van der Waals surface area contributed by atoms with Crippen molar-refractivity contribution in [2.75, 3.05) is 11.0 Å². The van der Waals surface area contributed by atoms with Gasteiger partial charge in [-0.05, 0) is 19.1 Å². The molecule has 9 heteroatoms. The highest BCUT2D eigenvalue weighted by Gasteiger charge is 2.19. The Labute approximate surface area is 122 Å². The van der Waals surface area contributed by atoms with Crippen LogP contribution in [0.5, 0.6) is 0 Å². The van der Waals surface area contributed by atoms with Gasteiger partial charge in [0.2, 0.25) is 10.0 Å². The van der Waals surface area contributed by atoms with Crippen LogP contribution in [0.1, 0.15) is 29.1 Å². The van der Waals surface area contributed by atoms with Crippen LogP contribution < -0.4 is 10.0 Å². The summed E-state index contributed by atoms with van der Waals surface area (Å²) in [6.45, 7) is 1.78. The third-order valence-electron chi connectivity index (χ3n) is 2.64. The van der Waals surface area contributed by atoms with E-state index in [0.29, 0.717) is 5.69 Å². The fraction of sp³-hybridized carbons (Fsp3) is 0.250. The molecule has 0 aliphatic carbocycles. The standard InChI is InChI=1S/C12H15N5O3S/c1-8(9-5-3-4-6-13-9)15-12(18)11-10(7-14-16-11)17-21(2,19)20/h3-8,17H,1-2H3,(H,14,16)(H,15,18). The van der Waals surface area contributed by atoms with E-state index < -0.39 is 15.9 Å². The normalized spacial score (nSPS) is 12.7. The molecule has 0 aliphatic heterocycles. The number of carbonyl (C=O) groups is 1. The van der Waals surface area contributed by atoms with E-state index in [1.54, 1.807) is 25.3 Å². The Bertz CT molecular complexity index is 726. The molecule has 0 spiro atoms. The number of pyridine rings is 1. The quantitative estimate of drug-likeness (QED) is 0.750. The Morgan fingerprint density at radius 3 is 2.76 bits per heavy atom. The maximum absolute atomic E-state index is 12.2. The van der Waals surface area contributed by atoms with Crippen molar-refractivity contribution in [3.05, 3.63) is 42.0 Å². The van der Waals surface area contributed by atoms with Crippen LogP contribution in [0.4, 0.5) is 5.69 Å². The highest BCUT2D eigenvalue weighted by molar-refractivity contribution is 7.92. The Morgan fingerprint density at radius 1 is 1.38 bits per heavy atom. The minimum absolute atomic E-state index is 0.0446. The first-order valence-corrected chi connectivity index (χ1v) is 7.99. The molecule has 0 radical (unpaired) electrons. The predicted octanol–water partition coefficient (Wildman–Crippen LogP) is 0.667. The number of aromatic nitrogens is 3. The maximum Gasteiger partial charge on any atom is 0.272 e. The van der Waals surface area contributed by atoms with Crippen LogP contribution in [0, 0.1) is 0 Å². The molecular weight excluding hydrogens is 294 g/mol. The molecule has 0 bridgehead atoms. The number of amides is 1. The minimum Gasteiger partial charge on any atom is -0.343 e. The fourth-order valence-electron chi connectivity index (χ4n) is 1.71. The number of hydrogen-bond acceptors (Lipinski definition) is 5. The average molecular weight is 309 g/mol. The smallest absolute Gasteiger partial charge is 0.272 e. The monoisotopic (exact) mass is 309 g/mol. The number of rotatable bonds is 5. The third kappa shape index (κ3) is 4.02. The molecule has 0 saturated heterocycles. The van der Waals surface area contributed by atoms with E-state index in [1.807, 2.05) is 6.07 Å². The minimum atomic E-state index is -3.49. The van der Waals surface area contributed by atoms with Crippen molar-refractivity contribution in [3.8, 4) is 0 Å². The van der Waals surface area contributed by atoms with Gasteiger partial charge in [-0.2, -0.15) is 5.10 Å². The fourth-order valence-corrected chi connectivity index (χ4v) is 2.27. The average Bonchev–Trinajstić information content (AvgIpc) is 2.85. The van der Waals surface area contributed by atoms with Gasteiger partial charge in [0.05, 0.1) is 29.9 Å². The van der Waals surface area contributed by atoms with Crippen LogP contribution in [0.3, 0.4) is 0 Å². The van der Waals surface area contributed by atoms with Crippen LogP contribution >= 0.6 is 0 Å². The maximum atomic E-state index is 12.2. The van der Waals surface area contributed by atoms with Crippen molar-refractivity contribution in [3.63, 3.8) is 0 Å². The van der Waals surface area contributed by atoms with Crippen LogP contribution in [-0.4, -0.2) is 35.8 Å². The lowest BCUT2D eigenvalue weighted by Crippen LogP contribution is -2.28.